The molecule has 132 valence electrons. The van der Waals surface area contributed by atoms with E-state index >= 15 is 0 Å². The highest BCUT2D eigenvalue weighted by Crippen LogP contribution is 2.48. The lowest BCUT2D eigenvalue weighted by Crippen LogP contribution is -2.01. The van der Waals surface area contributed by atoms with Crippen LogP contribution < -0.4 is 0 Å². The average Bonchev–Trinajstić information content (AvgIpc) is 2.94. The minimum absolute atomic E-state index is 0.0871. The normalized spacial score (nSPS) is 12.5. The fraction of sp³-hybridized carbons (Fsp3) is 0. The van der Waals surface area contributed by atoms with E-state index in [1.165, 1.54) is 24.3 Å². The van der Waals surface area contributed by atoms with E-state index in [9.17, 15) is 22.9 Å². The Kier molecular flexibility index (Phi) is 2.99. The van der Waals surface area contributed by atoms with Crippen LogP contribution in [0.1, 0.15) is 10.4 Å². The minimum atomic E-state index is -4.46. The molecule has 4 aromatic rings. The van der Waals surface area contributed by atoms with Crippen molar-refractivity contribution < 1.29 is 22.9 Å². The molecule has 27 heavy (non-hydrogen) atoms. The molecule has 1 aliphatic rings. The van der Waals surface area contributed by atoms with Crippen LogP contribution in [0.25, 0.3) is 44.3 Å². The van der Waals surface area contributed by atoms with Crippen molar-refractivity contribution in [2.24, 2.45) is 0 Å². The molecule has 1 aromatic heterocycles. The van der Waals surface area contributed by atoms with Crippen LogP contribution in [0, 0.1) is 0 Å². The van der Waals surface area contributed by atoms with Crippen molar-refractivity contribution in [1.82, 2.24) is 9.97 Å². The van der Waals surface area contributed by atoms with Crippen molar-refractivity contribution in [2.75, 3.05) is 0 Å². The Balaban J connectivity index is 1.94. The van der Waals surface area contributed by atoms with Crippen LogP contribution in [0.5, 0.6) is 0 Å². The first-order chi connectivity index (χ1) is 12.8. The van der Waals surface area contributed by atoms with Crippen LogP contribution >= 0.6 is 0 Å². The van der Waals surface area contributed by atoms with E-state index in [1.807, 2.05) is 12.1 Å². The molecule has 3 aromatic carbocycles. The van der Waals surface area contributed by atoms with Gasteiger partial charge in [-0.1, -0.05) is 24.3 Å². The topological polar surface area (TPSA) is 117 Å². The Labute approximate surface area is 152 Å². The van der Waals surface area contributed by atoms with Crippen molar-refractivity contribution in [3.8, 4) is 22.5 Å². The first-order valence-electron chi connectivity index (χ1n) is 7.93. The highest BCUT2D eigenvalue weighted by Gasteiger charge is 2.30. The molecule has 1 heterocycles. The number of aromatic nitrogens is 2. The summed E-state index contributed by atoms with van der Waals surface area (Å²) in [4.78, 5) is 20.1. The zero-order chi connectivity index (χ0) is 18.9. The quantitative estimate of drug-likeness (QED) is 0.452. The number of carboxylic acid groups (broad SMARTS) is 1. The summed E-state index contributed by atoms with van der Waals surface area (Å²) in [7, 11) is -4.46. The number of benzene rings is 3. The molecule has 0 aliphatic heterocycles. The molecule has 0 radical (unpaired) electrons. The third-order valence-electron chi connectivity index (χ3n) is 4.69. The van der Waals surface area contributed by atoms with Gasteiger partial charge in [-0.3, -0.25) is 4.55 Å². The summed E-state index contributed by atoms with van der Waals surface area (Å²) in [6, 6.07) is 12.8. The lowest BCUT2D eigenvalue weighted by atomic mass is 10.0. The molecule has 2 N–H and O–H groups in total. The summed E-state index contributed by atoms with van der Waals surface area (Å²) in [5.74, 6) is -1.07. The van der Waals surface area contributed by atoms with Gasteiger partial charge in [-0.25, -0.2) is 14.8 Å². The van der Waals surface area contributed by atoms with Gasteiger partial charge in [-0.2, -0.15) is 8.42 Å². The molecule has 0 spiro atoms. The van der Waals surface area contributed by atoms with E-state index in [0.717, 1.165) is 5.39 Å². The molecule has 8 heteroatoms. The largest absolute Gasteiger partial charge is 0.478 e. The van der Waals surface area contributed by atoms with E-state index < -0.39 is 16.1 Å². The molecule has 0 saturated carbocycles. The molecule has 0 atom stereocenters. The number of carbonyl (C=O) groups is 1. The van der Waals surface area contributed by atoms with Crippen LogP contribution in [-0.4, -0.2) is 34.0 Å². The molecule has 0 unspecified atom stereocenters. The van der Waals surface area contributed by atoms with Crippen molar-refractivity contribution in [3.05, 3.63) is 54.1 Å². The van der Waals surface area contributed by atoms with E-state index in [-0.39, 0.29) is 10.5 Å². The van der Waals surface area contributed by atoms with Crippen molar-refractivity contribution in [1.29, 1.82) is 0 Å². The molecular weight excluding hydrogens is 368 g/mol. The zero-order valence-corrected chi connectivity index (χ0v) is 14.4. The number of hydrogen-bond donors (Lipinski definition) is 2. The van der Waals surface area contributed by atoms with Crippen molar-refractivity contribution in [3.63, 3.8) is 0 Å². The smallest absolute Gasteiger partial charge is 0.335 e. The van der Waals surface area contributed by atoms with Crippen molar-refractivity contribution >= 4 is 37.9 Å². The van der Waals surface area contributed by atoms with Crippen LogP contribution in [0.4, 0.5) is 0 Å². The third-order valence-corrected chi connectivity index (χ3v) is 5.58. The lowest BCUT2D eigenvalue weighted by molar-refractivity contribution is 0.0697. The number of aromatic carboxylic acids is 1. The van der Waals surface area contributed by atoms with Gasteiger partial charge in [-0.05, 0) is 29.7 Å². The molecule has 0 fully saturated rings. The second-order valence-corrected chi connectivity index (χ2v) is 7.64. The monoisotopic (exact) mass is 378 g/mol. The zero-order valence-electron chi connectivity index (χ0n) is 13.5. The van der Waals surface area contributed by atoms with E-state index in [4.69, 9.17) is 0 Å². The van der Waals surface area contributed by atoms with Gasteiger partial charge in [0.25, 0.3) is 10.1 Å². The molecule has 5 rings (SSSR count). The summed E-state index contributed by atoms with van der Waals surface area (Å²) in [6.07, 6.45) is 0. The molecule has 1 aliphatic carbocycles. The van der Waals surface area contributed by atoms with Gasteiger partial charge in [-0.15, -0.1) is 0 Å². The number of fused-ring (bicyclic) bond motifs is 4. The Morgan fingerprint density at radius 1 is 0.926 bits per heavy atom. The first kappa shape index (κ1) is 15.9. The number of rotatable bonds is 2. The summed E-state index contributed by atoms with van der Waals surface area (Å²) in [5.41, 5.74) is 2.74. The minimum Gasteiger partial charge on any atom is -0.478 e. The van der Waals surface area contributed by atoms with Gasteiger partial charge < -0.3 is 5.11 Å². The van der Waals surface area contributed by atoms with Gasteiger partial charge in [0.2, 0.25) is 0 Å². The van der Waals surface area contributed by atoms with Crippen LogP contribution in [0.3, 0.4) is 0 Å². The maximum absolute atomic E-state index is 11.9. The first-order valence-corrected chi connectivity index (χ1v) is 9.37. The summed E-state index contributed by atoms with van der Waals surface area (Å²) in [6.45, 7) is 0. The van der Waals surface area contributed by atoms with Crippen LogP contribution in [0.15, 0.2) is 53.4 Å². The highest BCUT2D eigenvalue weighted by atomic mass is 32.2. The Morgan fingerprint density at radius 2 is 1.70 bits per heavy atom. The Morgan fingerprint density at radius 3 is 2.44 bits per heavy atom. The second-order valence-electron chi connectivity index (χ2n) is 6.25. The van der Waals surface area contributed by atoms with Crippen LogP contribution in [0.2, 0.25) is 0 Å². The van der Waals surface area contributed by atoms with E-state index in [2.05, 4.69) is 9.97 Å². The highest BCUT2D eigenvalue weighted by molar-refractivity contribution is 7.86. The van der Waals surface area contributed by atoms with Gasteiger partial charge >= 0.3 is 5.97 Å². The molecular formula is C19H10N2O5S. The number of hydrogen-bond acceptors (Lipinski definition) is 5. The maximum atomic E-state index is 11.9. The second kappa shape index (κ2) is 5.09. The van der Waals surface area contributed by atoms with E-state index in [1.54, 1.807) is 12.1 Å². The van der Waals surface area contributed by atoms with Crippen LogP contribution in [-0.2, 0) is 10.1 Å². The summed E-state index contributed by atoms with van der Waals surface area (Å²) >= 11 is 0. The Bertz CT molecular complexity index is 1430. The molecule has 0 amide bonds. The summed E-state index contributed by atoms with van der Waals surface area (Å²) in [5, 5.41) is 10.6. The lowest BCUT2D eigenvalue weighted by Gasteiger charge is -2.07. The number of nitrogens with zero attached hydrogens (tertiary/aromatic N) is 2. The Hall–Kier alpha value is -3.36. The molecule has 0 bridgehead atoms. The molecule has 0 saturated heterocycles. The summed E-state index contributed by atoms with van der Waals surface area (Å²) < 4.78 is 33.5. The van der Waals surface area contributed by atoms with Gasteiger partial charge in [0.05, 0.1) is 28.0 Å². The third kappa shape index (κ3) is 2.17. The average molecular weight is 378 g/mol. The predicted molar refractivity (Wildman–Crippen MR) is 98.2 cm³/mol. The SMILES string of the molecule is O=C(O)c1ccc2nc3c(nc2c1)-c1cccc2ccc(S(=O)(=O)O)c-3c12. The maximum Gasteiger partial charge on any atom is 0.335 e. The van der Waals surface area contributed by atoms with E-state index in [0.29, 0.717) is 38.9 Å². The van der Waals surface area contributed by atoms with Gasteiger partial charge in [0, 0.05) is 16.5 Å². The predicted octanol–water partition coefficient (Wildman–Crippen LogP) is 3.38. The van der Waals surface area contributed by atoms with Gasteiger partial charge in [0.15, 0.2) is 0 Å². The fourth-order valence-corrected chi connectivity index (χ4v) is 4.25. The standard InChI is InChI=1S/C19H10N2O5S/c22-19(23)10-4-6-12-13(8-10)21-17-11-3-1-2-9-5-7-14(27(24,25)26)16(15(9)11)18(17)20-12/h1-8H,(H,22,23)(H,24,25,26). The number of carboxylic acids is 1. The molecule has 7 nitrogen and oxygen atoms in total. The van der Waals surface area contributed by atoms with Gasteiger partial charge in [0.1, 0.15) is 4.90 Å². The van der Waals surface area contributed by atoms with Crippen molar-refractivity contribution in [2.45, 2.75) is 4.90 Å². The fourth-order valence-electron chi connectivity index (χ4n) is 3.56.